The predicted octanol–water partition coefficient (Wildman–Crippen LogP) is 2.79. The number of amides is 1. The Balaban J connectivity index is 2.22. The van der Waals surface area contributed by atoms with Crippen LogP contribution < -0.4 is 9.62 Å². The highest BCUT2D eigenvalue weighted by Gasteiger charge is 2.27. The molecule has 6 nitrogen and oxygen atoms in total. The number of carbonyl (C=O) groups is 1. The van der Waals surface area contributed by atoms with Crippen LogP contribution in [0.4, 0.5) is 5.69 Å². The van der Waals surface area contributed by atoms with Gasteiger partial charge in [-0.15, -0.1) is 0 Å². The van der Waals surface area contributed by atoms with Crippen molar-refractivity contribution < 1.29 is 13.2 Å². The number of aryl methyl sites for hydroxylation is 2. The lowest BCUT2D eigenvalue weighted by Crippen LogP contribution is -2.46. The second kappa shape index (κ2) is 8.54. The fourth-order valence-corrected chi connectivity index (χ4v) is 3.88. The minimum Gasteiger partial charge on any atom is -0.348 e. The van der Waals surface area contributed by atoms with Gasteiger partial charge in [-0.25, -0.2) is 4.31 Å². The van der Waals surface area contributed by atoms with E-state index in [2.05, 4.69) is 5.32 Å². The zero-order valence-corrected chi connectivity index (χ0v) is 17.2. The Morgan fingerprint density at radius 3 is 2.30 bits per heavy atom. The first-order chi connectivity index (χ1) is 12.6. The number of nitrogens with one attached hydrogen (secondary N) is 1. The van der Waals surface area contributed by atoms with Gasteiger partial charge in [0.1, 0.15) is 6.54 Å². The first-order valence-electron chi connectivity index (χ1n) is 8.74. The molecule has 7 heteroatoms. The van der Waals surface area contributed by atoms with Gasteiger partial charge in [-0.3, -0.25) is 4.79 Å². The van der Waals surface area contributed by atoms with Crippen LogP contribution in [-0.4, -0.2) is 39.3 Å². The summed E-state index contributed by atoms with van der Waals surface area (Å²) in [5.41, 5.74) is 3.65. The number of nitrogens with zero attached hydrogens (tertiary/aromatic N) is 2. The van der Waals surface area contributed by atoms with Crippen molar-refractivity contribution in [1.29, 1.82) is 0 Å². The van der Waals surface area contributed by atoms with E-state index in [1.807, 2.05) is 39.0 Å². The summed E-state index contributed by atoms with van der Waals surface area (Å²) in [6.07, 6.45) is 0. The van der Waals surface area contributed by atoms with E-state index < -0.39 is 10.2 Å². The molecule has 0 spiro atoms. The van der Waals surface area contributed by atoms with Crippen LogP contribution in [0.25, 0.3) is 0 Å². The lowest BCUT2D eigenvalue weighted by atomic mass is 10.00. The van der Waals surface area contributed by atoms with Gasteiger partial charge in [0.15, 0.2) is 0 Å². The Hall–Kier alpha value is -2.38. The molecule has 0 saturated heterocycles. The zero-order chi connectivity index (χ0) is 20.2. The van der Waals surface area contributed by atoms with E-state index >= 15 is 0 Å². The topological polar surface area (TPSA) is 69.7 Å². The number of carbonyl (C=O) groups excluding carboxylic acids is 1. The van der Waals surface area contributed by atoms with E-state index in [0.29, 0.717) is 5.69 Å². The Kier molecular flexibility index (Phi) is 6.62. The van der Waals surface area contributed by atoms with Gasteiger partial charge in [0.25, 0.3) is 0 Å². The minimum absolute atomic E-state index is 0.225. The predicted molar refractivity (Wildman–Crippen MR) is 109 cm³/mol. The van der Waals surface area contributed by atoms with Crippen LogP contribution in [0.1, 0.15) is 29.7 Å². The van der Waals surface area contributed by atoms with Crippen molar-refractivity contribution in [3.8, 4) is 0 Å². The second-order valence-corrected chi connectivity index (χ2v) is 8.85. The average Bonchev–Trinajstić information content (AvgIpc) is 2.62. The van der Waals surface area contributed by atoms with E-state index in [1.54, 1.807) is 30.3 Å². The van der Waals surface area contributed by atoms with Crippen LogP contribution in [0.5, 0.6) is 0 Å². The van der Waals surface area contributed by atoms with Crippen molar-refractivity contribution in [3.05, 3.63) is 65.2 Å². The van der Waals surface area contributed by atoms with Crippen LogP contribution in [0.3, 0.4) is 0 Å². The molecule has 1 amide bonds. The Morgan fingerprint density at radius 1 is 1.07 bits per heavy atom. The van der Waals surface area contributed by atoms with Crippen molar-refractivity contribution in [1.82, 2.24) is 9.62 Å². The third-order valence-electron chi connectivity index (χ3n) is 4.35. The Labute approximate surface area is 162 Å². The highest BCUT2D eigenvalue weighted by Crippen LogP contribution is 2.21. The Bertz CT molecular complexity index is 896. The summed E-state index contributed by atoms with van der Waals surface area (Å²) in [6, 6.07) is 14.5. The monoisotopic (exact) mass is 389 g/mol. The van der Waals surface area contributed by atoms with Gasteiger partial charge in [-0.2, -0.15) is 12.7 Å². The molecule has 0 saturated carbocycles. The summed E-state index contributed by atoms with van der Waals surface area (Å²) in [7, 11) is -0.904. The molecule has 0 heterocycles. The maximum atomic E-state index is 12.7. The third kappa shape index (κ3) is 5.08. The number of anilines is 1. The molecule has 1 atom stereocenters. The molecule has 0 aromatic heterocycles. The highest BCUT2D eigenvalue weighted by atomic mass is 32.2. The van der Waals surface area contributed by atoms with Gasteiger partial charge in [0, 0.05) is 14.1 Å². The number of hydrogen-bond acceptors (Lipinski definition) is 3. The fourth-order valence-electron chi connectivity index (χ4n) is 2.82. The van der Waals surface area contributed by atoms with Crippen molar-refractivity contribution >= 4 is 21.8 Å². The standard InChI is InChI=1S/C20H27N3O3S/c1-15-11-12-16(2)19(13-15)17(3)21-20(24)14-23(27(25,26)22(4)5)18-9-7-6-8-10-18/h6-13,17H,14H2,1-5H3,(H,21,24). The van der Waals surface area contributed by atoms with Crippen molar-refractivity contribution in [2.45, 2.75) is 26.8 Å². The van der Waals surface area contributed by atoms with Crippen LogP contribution in [0.2, 0.25) is 0 Å². The highest BCUT2D eigenvalue weighted by molar-refractivity contribution is 7.90. The van der Waals surface area contributed by atoms with E-state index in [1.165, 1.54) is 14.1 Å². The van der Waals surface area contributed by atoms with Crippen LogP contribution in [-0.2, 0) is 15.0 Å². The van der Waals surface area contributed by atoms with E-state index in [4.69, 9.17) is 0 Å². The summed E-state index contributed by atoms with van der Waals surface area (Å²) in [5, 5.41) is 2.91. The van der Waals surface area contributed by atoms with Gasteiger partial charge in [0.2, 0.25) is 5.91 Å². The second-order valence-electron chi connectivity index (χ2n) is 6.78. The number of hydrogen-bond donors (Lipinski definition) is 1. The number of rotatable bonds is 7. The summed E-state index contributed by atoms with van der Waals surface area (Å²) >= 11 is 0. The van der Waals surface area contributed by atoms with Gasteiger partial charge in [0.05, 0.1) is 11.7 Å². The molecule has 27 heavy (non-hydrogen) atoms. The van der Waals surface area contributed by atoms with Gasteiger partial charge in [-0.05, 0) is 44.0 Å². The molecule has 146 valence electrons. The van der Waals surface area contributed by atoms with Gasteiger partial charge < -0.3 is 5.32 Å². The van der Waals surface area contributed by atoms with Crippen molar-refractivity contribution in [2.75, 3.05) is 24.9 Å². The molecule has 2 rings (SSSR count). The minimum atomic E-state index is -3.80. The van der Waals surface area contributed by atoms with E-state index in [0.717, 1.165) is 25.3 Å². The molecule has 0 radical (unpaired) electrons. The first kappa shape index (κ1) is 20.9. The fraction of sp³-hybridized carbons (Fsp3) is 0.350. The quantitative estimate of drug-likeness (QED) is 0.792. The molecular weight excluding hydrogens is 362 g/mol. The largest absolute Gasteiger partial charge is 0.348 e. The van der Waals surface area contributed by atoms with Gasteiger partial charge in [-0.1, -0.05) is 42.0 Å². The summed E-state index contributed by atoms with van der Waals surface area (Å²) < 4.78 is 27.6. The molecule has 2 aromatic carbocycles. The van der Waals surface area contributed by atoms with E-state index in [9.17, 15) is 13.2 Å². The van der Waals surface area contributed by atoms with Crippen LogP contribution in [0.15, 0.2) is 48.5 Å². The van der Waals surface area contributed by atoms with Crippen LogP contribution >= 0.6 is 0 Å². The average molecular weight is 390 g/mol. The summed E-state index contributed by atoms with van der Waals surface area (Å²) in [6.45, 7) is 5.59. The lowest BCUT2D eigenvalue weighted by molar-refractivity contribution is -0.120. The number of para-hydroxylation sites is 1. The zero-order valence-electron chi connectivity index (χ0n) is 16.4. The first-order valence-corrected chi connectivity index (χ1v) is 10.1. The smallest absolute Gasteiger partial charge is 0.304 e. The number of benzene rings is 2. The Morgan fingerprint density at radius 2 is 1.70 bits per heavy atom. The molecular formula is C20H27N3O3S. The molecule has 1 unspecified atom stereocenters. The SMILES string of the molecule is Cc1ccc(C)c(C(C)NC(=O)CN(c2ccccc2)S(=O)(=O)N(C)C)c1. The van der Waals surface area contributed by atoms with Crippen molar-refractivity contribution in [3.63, 3.8) is 0 Å². The molecule has 1 N–H and O–H groups in total. The summed E-state index contributed by atoms with van der Waals surface area (Å²) in [4.78, 5) is 12.6. The molecule has 0 fully saturated rings. The molecule has 0 bridgehead atoms. The van der Waals surface area contributed by atoms with E-state index in [-0.39, 0.29) is 18.5 Å². The molecule has 0 aliphatic heterocycles. The summed E-state index contributed by atoms with van der Waals surface area (Å²) in [5.74, 6) is -0.363. The maximum absolute atomic E-state index is 12.7. The van der Waals surface area contributed by atoms with Crippen LogP contribution in [0, 0.1) is 13.8 Å². The lowest BCUT2D eigenvalue weighted by Gasteiger charge is -2.27. The maximum Gasteiger partial charge on any atom is 0.304 e. The third-order valence-corrected chi connectivity index (χ3v) is 6.17. The normalized spacial score (nSPS) is 12.7. The molecule has 0 aliphatic rings. The molecule has 2 aromatic rings. The van der Waals surface area contributed by atoms with Gasteiger partial charge >= 0.3 is 10.2 Å². The van der Waals surface area contributed by atoms with Crippen molar-refractivity contribution in [2.24, 2.45) is 0 Å². The molecule has 0 aliphatic carbocycles.